The van der Waals surface area contributed by atoms with Crippen LogP contribution in [0.3, 0.4) is 0 Å². The molecular formula is C41H43N3. The van der Waals surface area contributed by atoms with Crippen LogP contribution in [-0.2, 0) is 6.42 Å². The lowest BCUT2D eigenvalue weighted by Crippen LogP contribution is -2.29. The number of nitrogens with two attached hydrogens (primary N) is 1. The molecule has 0 aliphatic heterocycles. The van der Waals surface area contributed by atoms with Crippen molar-refractivity contribution in [3.63, 3.8) is 0 Å². The zero-order chi connectivity index (χ0) is 30.8. The molecule has 0 aliphatic carbocycles. The van der Waals surface area contributed by atoms with Crippen molar-refractivity contribution in [1.29, 1.82) is 0 Å². The minimum absolute atomic E-state index is 0.0674. The summed E-state index contributed by atoms with van der Waals surface area (Å²) in [6, 6.07) is 41.5. The van der Waals surface area contributed by atoms with Crippen LogP contribution in [0.15, 0.2) is 121 Å². The van der Waals surface area contributed by atoms with Gasteiger partial charge in [-0.1, -0.05) is 123 Å². The number of benzene rings is 5. The Morgan fingerprint density at radius 1 is 0.705 bits per heavy atom. The molecule has 0 aliphatic rings. The van der Waals surface area contributed by atoms with Gasteiger partial charge in [-0.2, -0.15) is 0 Å². The second kappa shape index (κ2) is 12.6. The normalized spacial score (nSPS) is 13.7. The van der Waals surface area contributed by atoms with Crippen LogP contribution in [0.4, 0.5) is 0 Å². The Balaban J connectivity index is 1.62. The molecule has 0 radical (unpaired) electrons. The van der Waals surface area contributed by atoms with E-state index in [-0.39, 0.29) is 12.1 Å². The first-order chi connectivity index (χ1) is 21.4. The predicted octanol–water partition coefficient (Wildman–Crippen LogP) is 10.3. The maximum absolute atomic E-state index is 7.40. The zero-order valence-electron chi connectivity index (χ0n) is 26.6. The summed E-state index contributed by atoms with van der Waals surface area (Å²) in [5.74, 6) is 0.775. The molecule has 3 N–H and O–H groups in total. The highest BCUT2D eigenvalue weighted by Crippen LogP contribution is 2.40. The standard InChI is InChI=1S/C41H43N3/c1-6-31-34(32-21-13-11-17-27(32)3)25-26-36-35-23-15-16-24-38(35)44(40(31)36)41(42)29(5)39(33-22-14-12-18-28(33)4)43-37(7-2)30-19-9-8-10-20-30/h8-26,37,39,43H,6-7,42H2,1-5H3/b41-29+. The van der Waals surface area contributed by atoms with Crippen molar-refractivity contribution < 1.29 is 0 Å². The van der Waals surface area contributed by atoms with E-state index in [1.54, 1.807) is 0 Å². The number of aromatic nitrogens is 1. The molecule has 2 unspecified atom stereocenters. The van der Waals surface area contributed by atoms with Crippen molar-refractivity contribution in [1.82, 2.24) is 9.88 Å². The fourth-order valence-corrected chi connectivity index (χ4v) is 6.88. The number of nitrogens with zero attached hydrogens (tertiary/aromatic N) is 1. The number of rotatable bonds is 9. The van der Waals surface area contributed by atoms with Gasteiger partial charge in [0.05, 0.1) is 17.1 Å². The van der Waals surface area contributed by atoms with Crippen LogP contribution >= 0.6 is 0 Å². The van der Waals surface area contributed by atoms with E-state index in [1.165, 1.54) is 55.2 Å². The summed E-state index contributed by atoms with van der Waals surface area (Å²) in [5, 5.41) is 6.50. The van der Waals surface area contributed by atoms with Gasteiger partial charge in [0.1, 0.15) is 5.82 Å². The molecule has 0 spiro atoms. The average molecular weight is 578 g/mol. The predicted molar refractivity (Wildman–Crippen MR) is 189 cm³/mol. The number of fused-ring (bicyclic) bond motifs is 3. The van der Waals surface area contributed by atoms with Crippen LogP contribution in [0.1, 0.15) is 67.1 Å². The number of aryl methyl sites for hydroxylation is 3. The van der Waals surface area contributed by atoms with Gasteiger partial charge in [-0.15, -0.1) is 0 Å². The van der Waals surface area contributed by atoms with E-state index >= 15 is 0 Å². The van der Waals surface area contributed by atoms with Crippen molar-refractivity contribution in [2.45, 2.75) is 59.5 Å². The molecule has 3 heteroatoms. The molecule has 0 fully saturated rings. The van der Waals surface area contributed by atoms with E-state index in [4.69, 9.17) is 5.73 Å². The molecule has 5 aromatic carbocycles. The van der Waals surface area contributed by atoms with Crippen molar-refractivity contribution in [2.24, 2.45) is 5.73 Å². The van der Waals surface area contributed by atoms with Crippen LogP contribution in [-0.4, -0.2) is 4.57 Å². The molecule has 1 heterocycles. The van der Waals surface area contributed by atoms with E-state index in [2.05, 4.69) is 160 Å². The van der Waals surface area contributed by atoms with Gasteiger partial charge in [0.25, 0.3) is 0 Å². The quantitative estimate of drug-likeness (QED) is 0.179. The lowest BCUT2D eigenvalue weighted by molar-refractivity contribution is 0.468. The second-order valence-electron chi connectivity index (χ2n) is 11.9. The Morgan fingerprint density at radius 3 is 2.07 bits per heavy atom. The van der Waals surface area contributed by atoms with Gasteiger partial charge in [0.15, 0.2) is 0 Å². The summed E-state index contributed by atoms with van der Waals surface area (Å²) in [7, 11) is 0. The highest BCUT2D eigenvalue weighted by Gasteiger charge is 2.25. The van der Waals surface area contributed by atoms with Crippen molar-refractivity contribution in [3.8, 4) is 11.1 Å². The number of nitrogens with one attached hydrogen (secondary N) is 1. The molecule has 1 aromatic heterocycles. The molecule has 0 saturated heterocycles. The zero-order valence-corrected chi connectivity index (χ0v) is 26.6. The molecule has 3 nitrogen and oxygen atoms in total. The minimum Gasteiger partial charge on any atom is -0.385 e. The summed E-state index contributed by atoms with van der Waals surface area (Å²) in [6.45, 7) is 11.1. The van der Waals surface area contributed by atoms with Crippen molar-refractivity contribution in [3.05, 3.63) is 149 Å². The Kier molecular flexibility index (Phi) is 8.41. The first-order valence-electron chi connectivity index (χ1n) is 15.9. The molecule has 6 rings (SSSR count). The Labute approximate surface area is 262 Å². The van der Waals surface area contributed by atoms with E-state index in [9.17, 15) is 0 Å². The third kappa shape index (κ3) is 5.22. The van der Waals surface area contributed by atoms with Crippen LogP contribution in [0.5, 0.6) is 0 Å². The molecule has 0 bridgehead atoms. The first-order valence-corrected chi connectivity index (χ1v) is 15.9. The summed E-state index contributed by atoms with van der Waals surface area (Å²) in [5.41, 5.74) is 19.8. The molecule has 6 aromatic rings. The van der Waals surface area contributed by atoms with Crippen molar-refractivity contribution in [2.75, 3.05) is 0 Å². The Bertz CT molecular complexity index is 1960. The van der Waals surface area contributed by atoms with Crippen LogP contribution < -0.4 is 11.1 Å². The average Bonchev–Trinajstić information content (AvgIpc) is 3.40. The molecule has 44 heavy (non-hydrogen) atoms. The van der Waals surface area contributed by atoms with Crippen molar-refractivity contribution >= 4 is 27.6 Å². The largest absolute Gasteiger partial charge is 0.385 e. The minimum atomic E-state index is -0.0674. The lowest BCUT2D eigenvalue weighted by atomic mass is 9.92. The fourth-order valence-electron chi connectivity index (χ4n) is 6.88. The van der Waals surface area contributed by atoms with Crippen LogP contribution in [0, 0.1) is 13.8 Å². The third-order valence-electron chi connectivity index (χ3n) is 9.29. The highest BCUT2D eigenvalue weighted by atomic mass is 15.1. The summed E-state index contributed by atoms with van der Waals surface area (Å²) in [4.78, 5) is 0. The Morgan fingerprint density at radius 2 is 1.36 bits per heavy atom. The molecule has 222 valence electrons. The third-order valence-corrected chi connectivity index (χ3v) is 9.29. The number of hydrogen-bond donors (Lipinski definition) is 2. The lowest BCUT2D eigenvalue weighted by Gasteiger charge is -2.29. The van der Waals surface area contributed by atoms with Crippen LogP contribution in [0.25, 0.3) is 38.8 Å². The van der Waals surface area contributed by atoms with E-state index in [1.807, 2.05) is 0 Å². The summed E-state index contributed by atoms with van der Waals surface area (Å²) >= 11 is 0. The first kappa shape index (κ1) is 29.5. The summed E-state index contributed by atoms with van der Waals surface area (Å²) < 4.78 is 2.33. The smallest absolute Gasteiger partial charge is 0.109 e. The maximum atomic E-state index is 7.40. The molecule has 2 atom stereocenters. The number of hydrogen-bond acceptors (Lipinski definition) is 2. The highest BCUT2D eigenvalue weighted by molar-refractivity contribution is 6.12. The fraction of sp³-hybridized carbons (Fsp3) is 0.220. The molecule has 0 amide bonds. The number of para-hydroxylation sites is 1. The van der Waals surface area contributed by atoms with E-state index < -0.39 is 0 Å². The summed E-state index contributed by atoms with van der Waals surface area (Å²) in [6.07, 6.45) is 1.86. The maximum Gasteiger partial charge on any atom is 0.109 e. The topological polar surface area (TPSA) is 43.0 Å². The van der Waals surface area contributed by atoms with Crippen LogP contribution in [0.2, 0.25) is 0 Å². The van der Waals surface area contributed by atoms with Gasteiger partial charge in [0.2, 0.25) is 0 Å². The Hall–Kier alpha value is -4.60. The monoisotopic (exact) mass is 577 g/mol. The van der Waals surface area contributed by atoms with Gasteiger partial charge in [-0.25, -0.2) is 0 Å². The molecular weight excluding hydrogens is 534 g/mol. The van der Waals surface area contributed by atoms with Gasteiger partial charge in [0, 0.05) is 16.8 Å². The second-order valence-corrected chi connectivity index (χ2v) is 11.9. The van der Waals surface area contributed by atoms with Gasteiger partial charge in [-0.05, 0) is 84.2 Å². The molecule has 0 saturated carbocycles. The van der Waals surface area contributed by atoms with Gasteiger partial charge < -0.3 is 5.73 Å². The van der Waals surface area contributed by atoms with Gasteiger partial charge >= 0.3 is 0 Å². The van der Waals surface area contributed by atoms with E-state index in [0.717, 1.165) is 29.8 Å². The van der Waals surface area contributed by atoms with E-state index in [0.29, 0.717) is 0 Å². The SMILES string of the molecule is CCc1c(-c2ccccc2C)ccc2c3ccccc3n(/C(N)=C(\C)C(NC(CC)c3ccccc3)c3ccccc3C)c12. The van der Waals surface area contributed by atoms with Gasteiger partial charge in [-0.3, -0.25) is 9.88 Å².